The van der Waals surface area contributed by atoms with Gasteiger partial charge in [-0.2, -0.15) is 0 Å². The van der Waals surface area contributed by atoms with Crippen molar-refractivity contribution in [1.29, 1.82) is 0 Å². The van der Waals surface area contributed by atoms with Crippen molar-refractivity contribution in [2.24, 2.45) is 5.73 Å². The van der Waals surface area contributed by atoms with Gasteiger partial charge < -0.3 is 24.8 Å². The molecule has 0 aliphatic carbocycles. The van der Waals surface area contributed by atoms with E-state index in [0.29, 0.717) is 29.5 Å². The maximum absolute atomic E-state index is 11.8. The Labute approximate surface area is 113 Å². The Morgan fingerprint density at radius 3 is 2.00 bits per heavy atom. The van der Waals surface area contributed by atoms with Crippen LogP contribution in [0.15, 0.2) is 12.1 Å². The van der Waals surface area contributed by atoms with Crippen LogP contribution < -0.4 is 24.8 Å². The van der Waals surface area contributed by atoms with Crippen LogP contribution in [0.5, 0.6) is 17.2 Å². The molecule has 0 aromatic heterocycles. The SMILES string of the molecule is CCN(C(=O)CN)c1cc(OC)c(OC)c(OC)c1. The molecule has 0 aliphatic heterocycles. The molecule has 0 heterocycles. The van der Waals surface area contributed by atoms with E-state index in [1.807, 2.05) is 6.92 Å². The Morgan fingerprint density at radius 1 is 1.16 bits per heavy atom. The van der Waals surface area contributed by atoms with Gasteiger partial charge in [-0.3, -0.25) is 4.79 Å². The van der Waals surface area contributed by atoms with Crippen molar-refractivity contribution >= 4 is 11.6 Å². The van der Waals surface area contributed by atoms with E-state index in [0.717, 1.165) is 0 Å². The summed E-state index contributed by atoms with van der Waals surface area (Å²) in [7, 11) is 4.59. The highest BCUT2D eigenvalue weighted by Gasteiger charge is 2.18. The minimum Gasteiger partial charge on any atom is -0.493 e. The fourth-order valence-corrected chi connectivity index (χ4v) is 1.84. The molecule has 0 fully saturated rings. The molecule has 1 aromatic carbocycles. The normalized spacial score (nSPS) is 9.95. The van der Waals surface area contributed by atoms with Crippen LogP contribution in [0.25, 0.3) is 0 Å². The summed E-state index contributed by atoms with van der Waals surface area (Å²) in [4.78, 5) is 13.3. The molecule has 1 aromatic rings. The van der Waals surface area contributed by atoms with Crippen LogP contribution in [0.2, 0.25) is 0 Å². The summed E-state index contributed by atoms with van der Waals surface area (Å²) in [5, 5.41) is 0. The molecule has 0 radical (unpaired) electrons. The average Bonchev–Trinajstić information content (AvgIpc) is 2.46. The molecule has 19 heavy (non-hydrogen) atoms. The summed E-state index contributed by atoms with van der Waals surface area (Å²) in [5.41, 5.74) is 6.06. The Balaban J connectivity index is 3.32. The number of amides is 1. The third-order valence-electron chi connectivity index (χ3n) is 2.75. The Kier molecular flexibility index (Phi) is 5.44. The molecule has 6 nitrogen and oxygen atoms in total. The molecule has 0 unspecified atom stereocenters. The van der Waals surface area contributed by atoms with Crippen LogP contribution in [0.1, 0.15) is 6.92 Å². The van der Waals surface area contributed by atoms with Crippen molar-refractivity contribution in [3.63, 3.8) is 0 Å². The lowest BCUT2D eigenvalue weighted by molar-refractivity contribution is -0.117. The van der Waals surface area contributed by atoms with Gasteiger partial charge in [0.15, 0.2) is 11.5 Å². The fraction of sp³-hybridized carbons (Fsp3) is 0.462. The number of anilines is 1. The molecule has 1 amide bonds. The number of benzene rings is 1. The van der Waals surface area contributed by atoms with Crippen LogP contribution in [0.3, 0.4) is 0 Å². The molecule has 0 spiro atoms. The highest BCUT2D eigenvalue weighted by atomic mass is 16.5. The topological polar surface area (TPSA) is 74.0 Å². The average molecular weight is 268 g/mol. The summed E-state index contributed by atoms with van der Waals surface area (Å²) >= 11 is 0. The molecule has 0 bridgehead atoms. The van der Waals surface area contributed by atoms with Crippen LogP contribution in [-0.2, 0) is 4.79 Å². The maximum atomic E-state index is 11.8. The number of nitrogens with two attached hydrogens (primary N) is 1. The van der Waals surface area contributed by atoms with E-state index in [2.05, 4.69) is 0 Å². The molecule has 1 rings (SSSR count). The molecule has 0 aliphatic rings. The molecule has 0 saturated heterocycles. The number of carbonyl (C=O) groups is 1. The van der Waals surface area contributed by atoms with E-state index in [-0.39, 0.29) is 12.5 Å². The molecular weight excluding hydrogens is 248 g/mol. The second kappa shape index (κ2) is 6.84. The van der Waals surface area contributed by atoms with E-state index in [4.69, 9.17) is 19.9 Å². The third kappa shape index (κ3) is 3.08. The van der Waals surface area contributed by atoms with E-state index in [1.54, 1.807) is 17.0 Å². The largest absolute Gasteiger partial charge is 0.493 e. The fourth-order valence-electron chi connectivity index (χ4n) is 1.84. The molecule has 6 heteroatoms. The van der Waals surface area contributed by atoms with Gasteiger partial charge in [-0.15, -0.1) is 0 Å². The Bertz CT molecular complexity index is 423. The first-order valence-electron chi connectivity index (χ1n) is 5.93. The van der Waals surface area contributed by atoms with Crippen molar-refractivity contribution in [2.45, 2.75) is 6.92 Å². The second-order valence-corrected chi connectivity index (χ2v) is 3.73. The molecule has 106 valence electrons. The molecule has 0 atom stereocenters. The summed E-state index contributed by atoms with van der Waals surface area (Å²) < 4.78 is 15.7. The monoisotopic (exact) mass is 268 g/mol. The number of methoxy groups -OCH3 is 3. The van der Waals surface area contributed by atoms with E-state index in [1.165, 1.54) is 21.3 Å². The number of ether oxygens (including phenoxy) is 3. The van der Waals surface area contributed by atoms with E-state index >= 15 is 0 Å². The Hall–Kier alpha value is -1.95. The molecular formula is C13H20N2O4. The summed E-state index contributed by atoms with van der Waals surface area (Å²) in [6.07, 6.45) is 0. The van der Waals surface area contributed by atoms with Crippen LogP contribution >= 0.6 is 0 Å². The standard InChI is InChI=1S/C13H20N2O4/c1-5-15(12(16)8-14)9-6-10(17-2)13(19-4)11(7-9)18-3/h6-7H,5,8,14H2,1-4H3. The number of hydrogen-bond donors (Lipinski definition) is 1. The number of likely N-dealkylation sites (N-methyl/N-ethyl adjacent to an activating group) is 1. The predicted octanol–water partition coefficient (Wildman–Crippen LogP) is 1.02. The number of rotatable bonds is 6. The maximum Gasteiger partial charge on any atom is 0.240 e. The van der Waals surface area contributed by atoms with E-state index < -0.39 is 0 Å². The third-order valence-corrected chi connectivity index (χ3v) is 2.75. The Morgan fingerprint density at radius 2 is 1.68 bits per heavy atom. The second-order valence-electron chi connectivity index (χ2n) is 3.73. The van der Waals surface area contributed by atoms with Crippen molar-refractivity contribution in [3.8, 4) is 17.2 Å². The van der Waals surface area contributed by atoms with Gasteiger partial charge in [-0.1, -0.05) is 0 Å². The lowest BCUT2D eigenvalue weighted by Gasteiger charge is -2.22. The summed E-state index contributed by atoms with van der Waals surface area (Å²) in [5.74, 6) is 1.32. The quantitative estimate of drug-likeness (QED) is 0.834. The number of nitrogens with zero attached hydrogens (tertiary/aromatic N) is 1. The van der Waals surface area contributed by atoms with Gasteiger partial charge in [-0.25, -0.2) is 0 Å². The minimum atomic E-state index is -0.170. The summed E-state index contributed by atoms with van der Waals surface area (Å²) in [6.45, 7) is 2.33. The first kappa shape index (κ1) is 15.1. The highest BCUT2D eigenvalue weighted by molar-refractivity contribution is 5.95. The first-order chi connectivity index (χ1) is 9.12. The van der Waals surface area contributed by atoms with Crippen molar-refractivity contribution in [3.05, 3.63) is 12.1 Å². The molecule has 2 N–H and O–H groups in total. The van der Waals surface area contributed by atoms with Gasteiger partial charge in [0.2, 0.25) is 11.7 Å². The number of carbonyl (C=O) groups excluding carboxylic acids is 1. The van der Waals surface area contributed by atoms with Gasteiger partial charge >= 0.3 is 0 Å². The minimum absolute atomic E-state index is 0.0511. The molecule has 0 saturated carbocycles. The van der Waals surface area contributed by atoms with Crippen LogP contribution in [-0.4, -0.2) is 40.3 Å². The smallest absolute Gasteiger partial charge is 0.240 e. The van der Waals surface area contributed by atoms with E-state index in [9.17, 15) is 4.79 Å². The summed E-state index contributed by atoms with van der Waals surface area (Å²) in [6, 6.07) is 3.44. The lowest BCUT2D eigenvalue weighted by Crippen LogP contribution is -2.35. The zero-order chi connectivity index (χ0) is 14.4. The number of hydrogen-bond acceptors (Lipinski definition) is 5. The first-order valence-corrected chi connectivity index (χ1v) is 5.93. The van der Waals surface area contributed by atoms with Gasteiger partial charge in [-0.05, 0) is 6.92 Å². The van der Waals surface area contributed by atoms with Crippen molar-refractivity contribution in [2.75, 3.05) is 39.3 Å². The van der Waals surface area contributed by atoms with Gasteiger partial charge in [0.25, 0.3) is 0 Å². The zero-order valence-corrected chi connectivity index (χ0v) is 11.7. The highest BCUT2D eigenvalue weighted by Crippen LogP contribution is 2.40. The van der Waals surface area contributed by atoms with Crippen LogP contribution in [0, 0.1) is 0 Å². The van der Waals surface area contributed by atoms with Gasteiger partial charge in [0.1, 0.15) is 0 Å². The van der Waals surface area contributed by atoms with Crippen LogP contribution in [0.4, 0.5) is 5.69 Å². The van der Waals surface area contributed by atoms with Gasteiger partial charge in [0, 0.05) is 18.7 Å². The zero-order valence-electron chi connectivity index (χ0n) is 11.7. The van der Waals surface area contributed by atoms with Gasteiger partial charge in [0.05, 0.1) is 33.6 Å². The lowest BCUT2D eigenvalue weighted by atomic mass is 10.2. The predicted molar refractivity (Wildman–Crippen MR) is 73.2 cm³/mol. The van der Waals surface area contributed by atoms with Crippen molar-refractivity contribution < 1.29 is 19.0 Å². The van der Waals surface area contributed by atoms with Crippen molar-refractivity contribution in [1.82, 2.24) is 0 Å².